The van der Waals surface area contributed by atoms with Crippen LogP contribution in [0.5, 0.6) is 5.75 Å². The number of amidine groups is 1. The van der Waals surface area contributed by atoms with Gasteiger partial charge in [0.1, 0.15) is 18.1 Å². The highest BCUT2D eigenvalue weighted by Gasteiger charge is 2.41. The van der Waals surface area contributed by atoms with Gasteiger partial charge in [-0.25, -0.2) is 9.79 Å². The Bertz CT molecular complexity index is 1410. The minimum Gasteiger partial charge on any atom is -0.497 e. The van der Waals surface area contributed by atoms with Crippen molar-refractivity contribution in [1.29, 1.82) is 0 Å². The van der Waals surface area contributed by atoms with Gasteiger partial charge in [-0.1, -0.05) is 54.2 Å². The van der Waals surface area contributed by atoms with E-state index in [2.05, 4.69) is 5.32 Å². The van der Waals surface area contributed by atoms with E-state index in [9.17, 15) is 9.59 Å². The number of methoxy groups -OCH3 is 1. The van der Waals surface area contributed by atoms with Crippen LogP contribution < -0.4 is 10.1 Å². The average Bonchev–Trinajstić information content (AvgIpc) is 3.60. The monoisotopic (exact) mass is 529 g/mol. The highest BCUT2D eigenvalue weighted by Crippen LogP contribution is 2.45. The first kappa shape index (κ1) is 25.4. The molecule has 2 aliphatic heterocycles. The Morgan fingerprint density at radius 1 is 1.11 bits per heavy atom. The van der Waals surface area contributed by atoms with Crippen molar-refractivity contribution in [2.75, 3.05) is 7.11 Å². The summed E-state index contributed by atoms with van der Waals surface area (Å²) in [4.78, 5) is 33.1. The van der Waals surface area contributed by atoms with Gasteiger partial charge in [0.2, 0.25) is 5.91 Å². The van der Waals surface area contributed by atoms with Crippen LogP contribution in [0, 0.1) is 0 Å². The van der Waals surface area contributed by atoms with Crippen LogP contribution in [0.1, 0.15) is 36.3 Å². The molecular formula is C29H27N3O5S. The van der Waals surface area contributed by atoms with Gasteiger partial charge in [0, 0.05) is 5.70 Å². The zero-order valence-electron chi connectivity index (χ0n) is 21.0. The normalized spacial score (nSPS) is 16.5. The van der Waals surface area contributed by atoms with Crippen LogP contribution >= 0.6 is 11.8 Å². The Kier molecular flexibility index (Phi) is 7.65. The van der Waals surface area contributed by atoms with E-state index in [1.807, 2.05) is 71.8 Å². The number of benzene rings is 2. The van der Waals surface area contributed by atoms with Gasteiger partial charge in [0.25, 0.3) is 0 Å². The summed E-state index contributed by atoms with van der Waals surface area (Å²) in [5, 5.41) is 5.49. The maximum absolute atomic E-state index is 13.5. The summed E-state index contributed by atoms with van der Waals surface area (Å²) in [6.45, 7) is 2.25. The number of nitrogens with zero attached hydrogens (tertiary/aromatic N) is 2. The molecule has 3 aromatic rings. The minimum absolute atomic E-state index is 0.110. The Balaban J connectivity index is 1.43. The van der Waals surface area contributed by atoms with Gasteiger partial charge < -0.3 is 24.1 Å². The largest absolute Gasteiger partial charge is 0.497 e. The van der Waals surface area contributed by atoms with Crippen molar-refractivity contribution in [1.82, 2.24) is 10.2 Å². The molecule has 1 amide bonds. The highest BCUT2D eigenvalue weighted by atomic mass is 32.2. The zero-order valence-corrected chi connectivity index (χ0v) is 21.9. The van der Waals surface area contributed by atoms with Crippen molar-refractivity contribution in [3.63, 3.8) is 0 Å². The lowest BCUT2D eigenvalue weighted by Gasteiger charge is -2.36. The molecular weight excluding hydrogens is 502 g/mol. The summed E-state index contributed by atoms with van der Waals surface area (Å²) >= 11 is 1.43. The maximum atomic E-state index is 13.5. The second kappa shape index (κ2) is 11.4. The average molecular weight is 530 g/mol. The summed E-state index contributed by atoms with van der Waals surface area (Å²) < 4.78 is 16.5. The van der Waals surface area contributed by atoms with Gasteiger partial charge in [0.15, 0.2) is 5.17 Å². The molecule has 0 fully saturated rings. The van der Waals surface area contributed by atoms with Crippen molar-refractivity contribution in [2.24, 2.45) is 4.99 Å². The molecule has 0 radical (unpaired) electrons. The maximum Gasteiger partial charge on any atom is 0.338 e. The van der Waals surface area contributed by atoms with Gasteiger partial charge in [-0.05, 0) is 47.7 Å². The molecule has 8 nitrogen and oxygen atoms in total. The Morgan fingerprint density at radius 3 is 2.71 bits per heavy atom. The number of esters is 1. The van der Waals surface area contributed by atoms with Crippen LogP contribution in [0.15, 0.2) is 105 Å². The number of furan rings is 1. The number of thioether (sulfide) groups is 1. The van der Waals surface area contributed by atoms with E-state index in [4.69, 9.17) is 18.9 Å². The summed E-state index contributed by atoms with van der Waals surface area (Å²) in [6.07, 6.45) is 1.68. The quantitative estimate of drug-likeness (QED) is 0.375. The fourth-order valence-corrected chi connectivity index (χ4v) is 5.35. The number of nitrogens with one attached hydrogen (secondary N) is 1. The number of rotatable bonds is 9. The van der Waals surface area contributed by atoms with E-state index in [0.717, 1.165) is 16.8 Å². The van der Waals surface area contributed by atoms with Gasteiger partial charge >= 0.3 is 5.97 Å². The first-order chi connectivity index (χ1) is 18.5. The lowest BCUT2D eigenvalue weighted by atomic mass is 9.93. The minimum atomic E-state index is -0.542. The number of carbonyl (C=O) groups is 2. The second-order valence-corrected chi connectivity index (χ2v) is 9.60. The Morgan fingerprint density at radius 2 is 1.95 bits per heavy atom. The number of ether oxygens (including phenoxy) is 2. The predicted molar refractivity (Wildman–Crippen MR) is 145 cm³/mol. The fourth-order valence-electron chi connectivity index (χ4n) is 4.38. The van der Waals surface area contributed by atoms with Crippen molar-refractivity contribution in [3.05, 3.63) is 112 Å². The highest BCUT2D eigenvalue weighted by molar-refractivity contribution is 8.16. The summed E-state index contributed by atoms with van der Waals surface area (Å²) in [5.41, 5.74) is 3.45. The molecule has 38 heavy (non-hydrogen) atoms. The number of allylic oxidation sites excluding steroid dienone is 1. The van der Waals surface area contributed by atoms with Gasteiger partial charge in [-0.2, -0.15) is 0 Å². The number of fused-ring (bicyclic) bond motifs is 1. The van der Waals surface area contributed by atoms with Crippen molar-refractivity contribution >= 4 is 28.8 Å². The topological polar surface area (TPSA) is 93.4 Å². The molecule has 0 bridgehead atoms. The van der Waals surface area contributed by atoms with Gasteiger partial charge in [-0.15, -0.1) is 0 Å². The smallest absolute Gasteiger partial charge is 0.338 e. The Hall–Kier alpha value is -4.24. The Labute approximate surface area is 225 Å². The summed E-state index contributed by atoms with van der Waals surface area (Å²) in [7, 11) is 1.60. The van der Waals surface area contributed by atoms with E-state index in [-0.39, 0.29) is 18.9 Å². The molecule has 1 N–H and O–H groups in total. The number of hydrogen-bond donors (Lipinski definition) is 1. The van der Waals surface area contributed by atoms with Gasteiger partial charge in [-0.3, -0.25) is 4.79 Å². The van der Waals surface area contributed by atoms with Crippen LogP contribution in [0.4, 0.5) is 0 Å². The first-order valence-electron chi connectivity index (χ1n) is 12.1. The second-order valence-electron chi connectivity index (χ2n) is 8.76. The van der Waals surface area contributed by atoms with Crippen LogP contribution in [-0.4, -0.2) is 29.1 Å². The molecule has 0 spiro atoms. The van der Waals surface area contributed by atoms with Crippen molar-refractivity contribution < 1.29 is 23.5 Å². The van der Waals surface area contributed by atoms with E-state index < -0.39 is 12.0 Å². The van der Waals surface area contributed by atoms with E-state index >= 15 is 0 Å². The third-order valence-electron chi connectivity index (χ3n) is 6.22. The van der Waals surface area contributed by atoms with Crippen LogP contribution in [-0.2, 0) is 27.5 Å². The first-order valence-corrected chi connectivity index (χ1v) is 13.0. The summed E-state index contributed by atoms with van der Waals surface area (Å²) in [6, 6.07) is 20.1. The molecule has 1 aromatic heterocycles. The molecule has 1 atom stereocenters. The molecule has 1 unspecified atom stereocenters. The van der Waals surface area contributed by atoms with E-state index in [0.29, 0.717) is 34.5 Å². The SMILES string of the molecule is COc1cccc(C2C(C(=O)OCc3ccccc3)=C(C)N=C3SC=C(CC(=O)NCc4ccco4)N32)c1. The molecule has 9 heteroatoms. The number of hydrogen-bond acceptors (Lipinski definition) is 8. The van der Waals surface area contributed by atoms with Crippen molar-refractivity contribution in [2.45, 2.75) is 32.5 Å². The zero-order chi connectivity index (χ0) is 26.5. The lowest BCUT2D eigenvalue weighted by Crippen LogP contribution is -2.38. The van der Waals surface area contributed by atoms with Crippen LogP contribution in [0.25, 0.3) is 0 Å². The number of carbonyl (C=O) groups excluding carboxylic acids is 2. The van der Waals surface area contributed by atoms with Crippen molar-refractivity contribution in [3.8, 4) is 5.75 Å². The number of aliphatic imine (C=N–C) groups is 1. The van der Waals surface area contributed by atoms with Gasteiger partial charge in [0.05, 0.1) is 43.7 Å². The molecule has 0 saturated carbocycles. The third kappa shape index (κ3) is 5.52. The molecule has 0 saturated heterocycles. The summed E-state index contributed by atoms with van der Waals surface area (Å²) in [5.74, 6) is 0.707. The predicted octanol–water partition coefficient (Wildman–Crippen LogP) is 5.31. The molecule has 3 heterocycles. The molecule has 194 valence electrons. The van der Waals surface area contributed by atoms with Crippen LogP contribution in [0.2, 0.25) is 0 Å². The number of amides is 1. The van der Waals surface area contributed by atoms with E-state index in [1.165, 1.54) is 11.8 Å². The molecule has 0 aliphatic carbocycles. The fraction of sp³-hybridized carbons (Fsp3) is 0.207. The molecule has 2 aliphatic rings. The molecule has 5 rings (SSSR count). The standard InChI is InChI=1S/C29H27N3O5S/c1-19-26(28(34)37-17-20-8-4-3-5-9-20)27(21-10-6-11-23(14-21)35-2)32-22(18-38-29(32)31-19)15-25(33)30-16-24-12-7-13-36-24/h3-14,18,27H,15-17H2,1-2H3,(H,30,33). The van der Waals surface area contributed by atoms with E-state index in [1.54, 1.807) is 25.5 Å². The lowest BCUT2D eigenvalue weighted by molar-refractivity contribution is -0.141. The molecule has 2 aromatic carbocycles. The van der Waals surface area contributed by atoms with Crippen LogP contribution in [0.3, 0.4) is 0 Å². The third-order valence-corrected chi connectivity index (χ3v) is 7.11.